The summed E-state index contributed by atoms with van der Waals surface area (Å²) in [6.45, 7) is 1.13. The molecular formula is C14H13F2NO2. The highest BCUT2D eigenvalue weighted by atomic mass is 19.2. The molecule has 1 aromatic carbocycles. The third-order valence-corrected chi connectivity index (χ3v) is 3.03. The molecule has 0 spiro atoms. The third-order valence-electron chi connectivity index (χ3n) is 3.03. The lowest BCUT2D eigenvalue weighted by Crippen LogP contribution is -2.30. The molecule has 5 heteroatoms. The molecule has 0 fully saturated rings. The Morgan fingerprint density at radius 2 is 1.63 bits per heavy atom. The van der Waals surface area contributed by atoms with E-state index in [4.69, 9.17) is 0 Å². The van der Waals surface area contributed by atoms with E-state index in [0.29, 0.717) is 11.1 Å². The number of benzene rings is 1. The number of hydrogen-bond acceptors (Lipinski definition) is 2. The van der Waals surface area contributed by atoms with Crippen LogP contribution in [0.4, 0.5) is 8.78 Å². The summed E-state index contributed by atoms with van der Waals surface area (Å²) < 4.78 is 25.5. The van der Waals surface area contributed by atoms with Gasteiger partial charge in [0.05, 0.1) is 11.1 Å². The van der Waals surface area contributed by atoms with Crippen LogP contribution in [0.5, 0.6) is 0 Å². The van der Waals surface area contributed by atoms with Crippen molar-refractivity contribution in [1.82, 2.24) is 4.90 Å². The molecule has 0 radical (unpaired) electrons. The van der Waals surface area contributed by atoms with Gasteiger partial charge in [0.15, 0.2) is 0 Å². The molecule has 1 aromatic rings. The highest BCUT2D eigenvalue weighted by Gasteiger charge is 2.34. The molecule has 0 atom stereocenters. The lowest BCUT2D eigenvalue weighted by atomic mass is 10.1. The van der Waals surface area contributed by atoms with E-state index < -0.39 is 11.7 Å². The summed E-state index contributed by atoms with van der Waals surface area (Å²) in [6, 6.07) is 6.54. The average Bonchev–Trinajstić information content (AvgIpc) is 2.64. The zero-order valence-corrected chi connectivity index (χ0v) is 10.5. The minimum Gasteiger partial charge on any atom is -0.274 e. The van der Waals surface area contributed by atoms with Crippen molar-refractivity contribution >= 4 is 11.8 Å². The topological polar surface area (TPSA) is 37.4 Å². The van der Waals surface area contributed by atoms with Crippen molar-refractivity contribution in [1.29, 1.82) is 0 Å². The summed E-state index contributed by atoms with van der Waals surface area (Å²) in [5.74, 6) is -2.44. The highest BCUT2D eigenvalue weighted by molar-refractivity contribution is 6.21. The number of rotatable bonds is 4. The average molecular weight is 265 g/mol. The van der Waals surface area contributed by atoms with E-state index in [1.807, 2.05) is 0 Å². The van der Waals surface area contributed by atoms with E-state index in [1.54, 1.807) is 24.3 Å². The molecule has 3 nitrogen and oxygen atoms in total. The Kier molecular flexibility index (Phi) is 3.74. The lowest BCUT2D eigenvalue weighted by molar-refractivity contribution is 0.0652. The van der Waals surface area contributed by atoms with Crippen molar-refractivity contribution in [3.05, 3.63) is 47.0 Å². The number of halogens is 2. The second-order valence-electron chi connectivity index (χ2n) is 4.35. The van der Waals surface area contributed by atoms with E-state index in [2.05, 4.69) is 0 Å². The van der Waals surface area contributed by atoms with E-state index in [9.17, 15) is 18.4 Å². The second kappa shape index (κ2) is 5.30. The van der Waals surface area contributed by atoms with Gasteiger partial charge in [-0.3, -0.25) is 14.5 Å². The van der Waals surface area contributed by atoms with Crippen LogP contribution in [0.25, 0.3) is 0 Å². The first-order valence-corrected chi connectivity index (χ1v) is 5.98. The third kappa shape index (κ3) is 2.54. The first kappa shape index (κ1) is 13.4. The molecule has 1 aliphatic rings. The summed E-state index contributed by atoms with van der Waals surface area (Å²) in [7, 11) is 0. The van der Waals surface area contributed by atoms with Gasteiger partial charge in [0.2, 0.25) is 0 Å². The van der Waals surface area contributed by atoms with Gasteiger partial charge in [-0.1, -0.05) is 12.1 Å². The normalized spacial score (nSPS) is 15.6. The van der Waals surface area contributed by atoms with E-state index >= 15 is 0 Å². The molecule has 19 heavy (non-hydrogen) atoms. The molecule has 0 unspecified atom stereocenters. The fourth-order valence-electron chi connectivity index (χ4n) is 2.01. The van der Waals surface area contributed by atoms with Gasteiger partial charge in [-0.2, -0.15) is 0 Å². The number of carbonyl (C=O) groups is 2. The van der Waals surface area contributed by atoms with Gasteiger partial charge < -0.3 is 0 Å². The van der Waals surface area contributed by atoms with E-state index in [-0.39, 0.29) is 31.2 Å². The number of imide groups is 1. The number of fused-ring (bicyclic) bond motifs is 1. The monoisotopic (exact) mass is 265 g/mol. The minimum absolute atomic E-state index is 0.0903. The van der Waals surface area contributed by atoms with Gasteiger partial charge in [-0.05, 0) is 25.5 Å². The van der Waals surface area contributed by atoms with Crippen molar-refractivity contribution in [3.63, 3.8) is 0 Å². The largest absolute Gasteiger partial charge is 0.274 e. The molecule has 0 aromatic heterocycles. The van der Waals surface area contributed by atoms with Crippen molar-refractivity contribution in [2.24, 2.45) is 0 Å². The second-order valence-corrected chi connectivity index (χ2v) is 4.35. The fourth-order valence-corrected chi connectivity index (χ4v) is 2.01. The number of carbonyl (C=O) groups excluding carboxylic acids is 2. The molecule has 1 heterocycles. The molecule has 0 bridgehead atoms. The van der Waals surface area contributed by atoms with Gasteiger partial charge in [0.25, 0.3) is 11.8 Å². The molecular weight excluding hydrogens is 252 g/mol. The van der Waals surface area contributed by atoms with Gasteiger partial charge in [0.1, 0.15) is 11.7 Å². The zero-order chi connectivity index (χ0) is 14.0. The zero-order valence-electron chi connectivity index (χ0n) is 10.5. The predicted molar refractivity (Wildman–Crippen MR) is 66.0 cm³/mol. The Hall–Kier alpha value is -2.04. The van der Waals surface area contributed by atoms with Crippen molar-refractivity contribution in [2.75, 3.05) is 6.54 Å². The number of hydrogen-bond donors (Lipinski definition) is 0. The number of amides is 2. The van der Waals surface area contributed by atoms with Crippen LogP contribution in [0.1, 0.15) is 40.5 Å². The quantitative estimate of drug-likeness (QED) is 0.784. The van der Waals surface area contributed by atoms with Crippen LogP contribution in [0.3, 0.4) is 0 Å². The van der Waals surface area contributed by atoms with Crippen molar-refractivity contribution < 1.29 is 18.4 Å². The minimum atomic E-state index is -0.859. The first-order chi connectivity index (χ1) is 9.02. The molecule has 0 N–H and O–H groups in total. The maximum Gasteiger partial charge on any atom is 0.261 e. The molecule has 0 aliphatic carbocycles. The van der Waals surface area contributed by atoms with E-state index in [1.165, 1.54) is 0 Å². The Morgan fingerprint density at radius 1 is 1.11 bits per heavy atom. The van der Waals surface area contributed by atoms with Crippen LogP contribution in [-0.2, 0) is 0 Å². The van der Waals surface area contributed by atoms with Gasteiger partial charge >= 0.3 is 0 Å². The molecule has 2 rings (SSSR count). The standard InChI is InChI=1S/C14H13F2NO2/c1-9(15)12(16)7-4-8-17-13(18)10-5-2-3-6-11(10)14(17)19/h2-3,5-6H,4,7-8H2,1H3/b12-9-. The SMILES string of the molecule is C/C(F)=C(/F)CCCN1C(=O)c2ccccc2C1=O. The van der Waals surface area contributed by atoms with Crippen LogP contribution >= 0.6 is 0 Å². The highest BCUT2D eigenvalue weighted by Crippen LogP contribution is 2.23. The van der Waals surface area contributed by atoms with Crippen LogP contribution in [-0.4, -0.2) is 23.3 Å². The fraction of sp³-hybridized carbons (Fsp3) is 0.286. The Morgan fingerprint density at radius 3 is 2.11 bits per heavy atom. The predicted octanol–water partition coefficient (Wildman–Crippen LogP) is 3.23. The van der Waals surface area contributed by atoms with Crippen LogP contribution in [0.15, 0.2) is 35.9 Å². The van der Waals surface area contributed by atoms with Gasteiger partial charge in [-0.25, -0.2) is 8.78 Å². The summed E-state index contributed by atoms with van der Waals surface area (Å²) in [5, 5.41) is 0. The van der Waals surface area contributed by atoms with Crippen molar-refractivity contribution in [2.45, 2.75) is 19.8 Å². The Balaban J connectivity index is 2.03. The summed E-state index contributed by atoms with van der Waals surface area (Å²) in [6.07, 6.45) is 0.0916. The molecule has 2 amide bonds. The number of nitrogens with zero attached hydrogens (tertiary/aromatic N) is 1. The summed E-state index contributed by atoms with van der Waals surface area (Å²) in [5.41, 5.74) is 0.732. The Bertz CT molecular complexity index is 527. The number of allylic oxidation sites excluding steroid dienone is 2. The van der Waals surface area contributed by atoms with Crippen LogP contribution in [0, 0.1) is 0 Å². The Labute approximate surface area is 109 Å². The van der Waals surface area contributed by atoms with Crippen molar-refractivity contribution in [3.8, 4) is 0 Å². The molecule has 1 aliphatic heterocycles. The van der Waals surface area contributed by atoms with Crippen LogP contribution < -0.4 is 0 Å². The summed E-state index contributed by atoms with van der Waals surface area (Å²) >= 11 is 0. The van der Waals surface area contributed by atoms with E-state index in [0.717, 1.165) is 11.8 Å². The van der Waals surface area contributed by atoms with Gasteiger partial charge in [0, 0.05) is 13.0 Å². The summed E-state index contributed by atoms with van der Waals surface area (Å²) in [4.78, 5) is 25.0. The maximum absolute atomic E-state index is 13.0. The van der Waals surface area contributed by atoms with Crippen LogP contribution in [0.2, 0.25) is 0 Å². The molecule has 0 saturated carbocycles. The smallest absolute Gasteiger partial charge is 0.261 e. The van der Waals surface area contributed by atoms with Gasteiger partial charge in [-0.15, -0.1) is 0 Å². The molecule has 100 valence electrons. The first-order valence-electron chi connectivity index (χ1n) is 5.98. The molecule has 0 saturated heterocycles. The maximum atomic E-state index is 13.0. The lowest BCUT2D eigenvalue weighted by Gasteiger charge is -2.12.